The van der Waals surface area contributed by atoms with E-state index in [1.54, 1.807) is 0 Å². The van der Waals surface area contributed by atoms with Gasteiger partial charge in [-0.05, 0) is 43.2 Å². The molecule has 1 N–H and O–H groups in total. The Morgan fingerprint density at radius 2 is 1.97 bits per heavy atom. The number of aryl methyl sites for hydroxylation is 1. The minimum Gasteiger partial charge on any atom is -0.492 e. The van der Waals surface area contributed by atoms with Crippen molar-refractivity contribution in [3.63, 3.8) is 0 Å². The van der Waals surface area contributed by atoms with E-state index < -0.39 is 11.0 Å². The number of benzene rings is 2. The Morgan fingerprint density at radius 1 is 1.21 bits per heavy atom. The van der Waals surface area contributed by atoms with Gasteiger partial charge in [0.1, 0.15) is 29.4 Å². The molecule has 3 rings (SSSR count). The third kappa shape index (κ3) is 4.58. The maximum atomic E-state index is 11.9. The van der Waals surface area contributed by atoms with Crippen LogP contribution in [-0.4, -0.2) is 27.0 Å². The number of hydrogen-bond acceptors (Lipinski definition) is 3. The molecule has 0 amide bonds. The molecule has 2 aromatic carbocycles. The molecular weight excluding hydrogens is 406 g/mol. The van der Waals surface area contributed by atoms with Gasteiger partial charge >= 0.3 is 0 Å². The molecule has 1 atom stereocenters. The number of fused-ring (bicyclic) bond motifs is 1. The van der Waals surface area contributed by atoms with Gasteiger partial charge < -0.3 is 14.0 Å². The normalized spacial score (nSPS) is 11.9. The van der Waals surface area contributed by atoms with E-state index in [1.165, 1.54) is 0 Å². The maximum absolute atomic E-state index is 11.9. The third-order valence-electron chi connectivity index (χ3n) is 4.59. The fourth-order valence-corrected chi connectivity index (χ4v) is 4.33. The highest BCUT2D eigenvalue weighted by molar-refractivity contribution is 7.86. The molecule has 1 unspecified atom stereocenters. The van der Waals surface area contributed by atoms with Crippen LogP contribution < -0.4 is 9.46 Å². The summed E-state index contributed by atoms with van der Waals surface area (Å²) in [6, 6.07) is 15.8. The van der Waals surface area contributed by atoms with Gasteiger partial charge in [0, 0.05) is 29.4 Å². The second-order valence-electron chi connectivity index (χ2n) is 6.53. The van der Waals surface area contributed by atoms with Crippen molar-refractivity contribution < 1.29 is 8.95 Å². The first kappa shape index (κ1) is 21.2. The molecule has 0 saturated carbocycles. The average Bonchev–Trinajstić information content (AvgIpc) is 3.05. The smallest absolute Gasteiger partial charge is 0.121 e. The molecule has 152 valence electrons. The second-order valence-corrected chi connectivity index (χ2v) is 8.21. The van der Waals surface area contributed by atoms with Gasteiger partial charge in [-0.1, -0.05) is 19.1 Å². The van der Waals surface area contributed by atoms with Gasteiger partial charge in [-0.3, -0.25) is 0 Å². The van der Waals surface area contributed by atoms with Crippen LogP contribution in [0.3, 0.4) is 0 Å². The molecule has 1 heterocycles. The van der Waals surface area contributed by atoms with Gasteiger partial charge in [0.2, 0.25) is 0 Å². The Labute approximate surface area is 178 Å². The van der Waals surface area contributed by atoms with Crippen LogP contribution in [0.4, 0.5) is 5.69 Å². The largest absolute Gasteiger partial charge is 0.492 e. The van der Waals surface area contributed by atoms with Crippen LogP contribution in [0.2, 0.25) is 0 Å². The summed E-state index contributed by atoms with van der Waals surface area (Å²) in [6.07, 6.45) is 0.858. The summed E-state index contributed by atoms with van der Waals surface area (Å²) in [5, 5.41) is 10.8. The quantitative estimate of drug-likeness (QED) is 0.469. The number of nitrogens with zero attached hydrogens (tertiary/aromatic N) is 2. The van der Waals surface area contributed by atoms with Crippen LogP contribution in [0.5, 0.6) is 5.75 Å². The minimum absolute atomic E-state index is 0.422. The molecule has 1 aromatic heterocycles. The molecule has 0 aliphatic heterocycles. The lowest BCUT2D eigenvalue weighted by Gasteiger charge is -2.11. The summed E-state index contributed by atoms with van der Waals surface area (Å²) < 4.78 is 22.7. The first-order valence-electron chi connectivity index (χ1n) is 9.63. The monoisotopic (exact) mass is 429 g/mol. The highest BCUT2D eigenvalue weighted by atomic mass is 35.5. The zero-order valence-electron chi connectivity index (χ0n) is 16.6. The maximum Gasteiger partial charge on any atom is 0.121 e. The Hall–Kier alpha value is -2.49. The zero-order chi connectivity index (χ0) is 20.8. The fraction of sp³-hybridized carbons (Fsp3) is 0.318. The van der Waals surface area contributed by atoms with E-state index >= 15 is 0 Å². The molecule has 5 nitrogen and oxygen atoms in total. The highest BCUT2D eigenvalue weighted by Crippen LogP contribution is 2.35. The molecular formula is C22H24ClN3O2S. The van der Waals surface area contributed by atoms with Crippen LogP contribution in [0, 0.1) is 11.3 Å². The van der Waals surface area contributed by atoms with Gasteiger partial charge in [-0.25, -0.2) is 4.21 Å². The number of nitriles is 1. The number of anilines is 1. The van der Waals surface area contributed by atoms with Crippen LogP contribution in [-0.2, 0) is 17.5 Å². The predicted molar refractivity (Wildman–Crippen MR) is 121 cm³/mol. The Bertz CT molecular complexity index is 1050. The summed E-state index contributed by atoms with van der Waals surface area (Å²) >= 11 is 5.72. The Kier molecular flexibility index (Phi) is 7.18. The van der Waals surface area contributed by atoms with Crippen LogP contribution in [0.15, 0.2) is 42.5 Å². The summed E-state index contributed by atoms with van der Waals surface area (Å²) in [5.74, 6) is 1.77. The summed E-state index contributed by atoms with van der Waals surface area (Å²) in [4.78, 5) is 0. The van der Waals surface area contributed by atoms with Gasteiger partial charge in [0.25, 0.3) is 0 Å². The molecule has 0 spiro atoms. The van der Waals surface area contributed by atoms with Crippen LogP contribution in [0.1, 0.15) is 25.8 Å². The molecule has 0 bridgehead atoms. The lowest BCUT2D eigenvalue weighted by atomic mass is 10.1. The van der Waals surface area contributed by atoms with Crippen LogP contribution >= 0.6 is 11.6 Å². The van der Waals surface area contributed by atoms with Gasteiger partial charge in [0.15, 0.2) is 0 Å². The standard InChI is InChI=1S/C22H24ClN3O2S/c1-3-13-29(27)25-17-7-5-16(6-8-17)22-20(15-24)19-10-9-18(28-12-11-23)14-21(19)26(22)4-2/h5-10,14,25H,3-4,11-13H2,1-2H3. The van der Waals surface area contributed by atoms with E-state index in [1.807, 2.05) is 49.4 Å². The van der Waals surface area contributed by atoms with Gasteiger partial charge in [-0.15, -0.1) is 11.6 Å². The van der Waals surface area contributed by atoms with E-state index in [-0.39, 0.29) is 0 Å². The average molecular weight is 430 g/mol. The first-order chi connectivity index (χ1) is 14.1. The van der Waals surface area contributed by atoms with Crippen molar-refractivity contribution in [2.75, 3.05) is 23.0 Å². The zero-order valence-corrected chi connectivity index (χ0v) is 18.1. The number of nitrogens with one attached hydrogen (secondary N) is 1. The fourth-order valence-electron chi connectivity index (χ4n) is 3.38. The topological polar surface area (TPSA) is 67.1 Å². The van der Waals surface area contributed by atoms with Crippen molar-refractivity contribution in [2.24, 2.45) is 0 Å². The van der Waals surface area contributed by atoms with E-state index in [9.17, 15) is 9.47 Å². The Balaban J connectivity index is 2.04. The van der Waals surface area contributed by atoms with E-state index in [2.05, 4.69) is 22.3 Å². The van der Waals surface area contributed by atoms with Gasteiger partial charge in [0.05, 0.1) is 22.7 Å². The number of hydrogen-bond donors (Lipinski definition) is 1. The minimum atomic E-state index is -1.08. The Morgan fingerprint density at radius 3 is 2.59 bits per heavy atom. The molecule has 29 heavy (non-hydrogen) atoms. The molecule has 0 aliphatic rings. The van der Waals surface area contributed by atoms with Crippen molar-refractivity contribution in [1.29, 1.82) is 5.26 Å². The van der Waals surface area contributed by atoms with Crippen molar-refractivity contribution in [3.05, 3.63) is 48.0 Å². The predicted octanol–water partition coefficient (Wildman–Crippen LogP) is 5.30. The van der Waals surface area contributed by atoms with Crippen molar-refractivity contribution in [2.45, 2.75) is 26.8 Å². The summed E-state index contributed by atoms with van der Waals surface area (Å²) in [7, 11) is -1.08. The van der Waals surface area contributed by atoms with E-state index in [0.29, 0.717) is 30.3 Å². The number of halogens is 1. The van der Waals surface area contributed by atoms with Crippen molar-refractivity contribution >= 4 is 39.2 Å². The third-order valence-corrected chi connectivity index (χ3v) is 5.99. The lowest BCUT2D eigenvalue weighted by Crippen LogP contribution is -2.07. The van der Waals surface area contributed by atoms with Crippen molar-refractivity contribution in [3.8, 4) is 23.1 Å². The van der Waals surface area contributed by atoms with Gasteiger partial charge in [-0.2, -0.15) is 5.26 Å². The molecule has 0 radical (unpaired) electrons. The first-order valence-corrected chi connectivity index (χ1v) is 11.5. The van der Waals surface area contributed by atoms with Crippen LogP contribution in [0.25, 0.3) is 22.2 Å². The molecule has 0 fully saturated rings. The summed E-state index contributed by atoms with van der Waals surface area (Å²) in [6.45, 7) is 5.21. The number of aromatic nitrogens is 1. The lowest BCUT2D eigenvalue weighted by molar-refractivity contribution is 0.343. The molecule has 0 aliphatic carbocycles. The summed E-state index contributed by atoms with van der Waals surface area (Å²) in [5.41, 5.74) is 4.21. The SMILES string of the molecule is CCCS(=O)Nc1ccc(-c2c(C#N)c3ccc(OCCCl)cc3n2CC)cc1. The molecule has 3 aromatic rings. The second kappa shape index (κ2) is 9.82. The number of ether oxygens (including phenoxy) is 1. The van der Waals surface area contributed by atoms with E-state index in [4.69, 9.17) is 16.3 Å². The molecule has 0 saturated heterocycles. The van der Waals surface area contributed by atoms with E-state index in [0.717, 1.165) is 40.0 Å². The van der Waals surface area contributed by atoms with Crippen molar-refractivity contribution in [1.82, 2.24) is 4.57 Å². The highest BCUT2D eigenvalue weighted by Gasteiger charge is 2.18. The number of rotatable bonds is 9. The molecule has 7 heteroatoms. The number of alkyl halides is 1.